The van der Waals surface area contributed by atoms with Gasteiger partial charge in [0.15, 0.2) is 18.1 Å². The van der Waals surface area contributed by atoms with Gasteiger partial charge >= 0.3 is 0 Å². The molecule has 0 aromatic heterocycles. The van der Waals surface area contributed by atoms with E-state index in [1.165, 1.54) is 29.4 Å². The first kappa shape index (κ1) is 25.9. The van der Waals surface area contributed by atoms with Crippen LogP contribution >= 0.6 is 0 Å². The number of hydrogen-bond acceptors (Lipinski definition) is 6. The summed E-state index contributed by atoms with van der Waals surface area (Å²) in [5.41, 5.74) is 0.735. The molecule has 1 amide bonds. The van der Waals surface area contributed by atoms with E-state index < -0.39 is 15.9 Å². The number of amides is 1. The van der Waals surface area contributed by atoms with Gasteiger partial charge in [0.25, 0.3) is 5.91 Å². The van der Waals surface area contributed by atoms with Gasteiger partial charge in [-0.1, -0.05) is 32.0 Å². The van der Waals surface area contributed by atoms with Crippen LogP contribution in [0, 0.1) is 0 Å². The van der Waals surface area contributed by atoms with E-state index in [0.29, 0.717) is 30.2 Å². The van der Waals surface area contributed by atoms with Crippen molar-refractivity contribution in [2.75, 3.05) is 25.0 Å². The molecule has 0 fully saturated rings. The fraction of sp³-hybridized carbons (Fsp3) is 0.231. The number of hydrogen-bond donors (Lipinski definition) is 1. The molecule has 0 heterocycles. The van der Waals surface area contributed by atoms with Gasteiger partial charge in [-0.05, 0) is 61.5 Å². The second-order valence-electron chi connectivity index (χ2n) is 7.58. The fourth-order valence-corrected chi connectivity index (χ4v) is 4.79. The van der Waals surface area contributed by atoms with Gasteiger partial charge in [-0.3, -0.25) is 9.59 Å². The summed E-state index contributed by atoms with van der Waals surface area (Å²) in [7, 11) is -3.75. The monoisotopic (exact) mass is 496 g/mol. The lowest BCUT2D eigenvalue weighted by molar-refractivity contribution is -0.118. The second kappa shape index (κ2) is 11.6. The van der Waals surface area contributed by atoms with Crippen molar-refractivity contribution >= 4 is 27.4 Å². The number of carbonyl (C=O) groups excluding carboxylic acids is 2. The van der Waals surface area contributed by atoms with E-state index in [1.54, 1.807) is 62.4 Å². The summed E-state index contributed by atoms with van der Waals surface area (Å²) in [5, 5.41) is 2.69. The molecule has 3 aromatic carbocycles. The number of sulfonamides is 1. The zero-order chi connectivity index (χ0) is 25.4. The quantitative estimate of drug-likeness (QED) is 0.385. The van der Waals surface area contributed by atoms with E-state index in [-0.39, 0.29) is 28.7 Å². The average molecular weight is 497 g/mol. The molecule has 0 unspecified atom stereocenters. The number of ether oxygens (including phenoxy) is 2. The Kier molecular flexibility index (Phi) is 8.62. The van der Waals surface area contributed by atoms with E-state index in [0.717, 1.165) is 0 Å². The summed E-state index contributed by atoms with van der Waals surface area (Å²) >= 11 is 0. The van der Waals surface area contributed by atoms with Gasteiger partial charge in [-0.25, -0.2) is 8.42 Å². The SMILES string of the molecule is CCN(CC)S(=O)(=O)c1ccc(Oc2ccccc2)c(NC(=O)COc2ccc(C(C)=O)cc2)c1. The third-order valence-electron chi connectivity index (χ3n) is 5.17. The molecule has 0 aliphatic carbocycles. The van der Waals surface area contributed by atoms with Gasteiger partial charge in [0.05, 0.1) is 10.6 Å². The predicted molar refractivity (Wildman–Crippen MR) is 134 cm³/mol. The van der Waals surface area contributed by atoms with Gasteiger partial charge in [0.1, 0.15) is 11.5 Å². The van der Waals surface area contributed by atoms with Gasteiger partial charge in [0, 0.05) is 18.7 Å². The molecule has 9 heteroatoms. The zero-order valence-corrected chi connectivity index (χ0v) is 20.7. The van der Waals surface area contributed by atoms with Crippen molar-refractivity contribution < 1.29 is 27.5 Å². The Bertz CT molecular complexity index is 1270. The van der Waals surface area contributed by atoms with Crippen LogP contribution in [0.2, 0.25) is 0 Å². The number of para-hydroxylation sites is 1. The molecule has 0 atom stereocenters. The Labute approximate surface area is 205 Å². The van der Waals surface area contributed by atoms with Gasteiger partial charge in [0.2, 0.25) is 10.0 Å². The molecule has 0 aliphatic rings. The maximum atomic E-state index is 13.0. The Morgan fingerprint density at radius 2 is 1.54 bits per heavy atom. The van der Waals surface area contributed by atoms with E-state index in [4.69, 9.17) is 9.47 Å². The summed E-state index contributed by atoms with van der Waals surface area (Å²) in [4.78, 5) is 24.1. The molecule has 0 saturated carbocycles. The predicted octanol–water partition coefficient (Wildman–Crippen LogP) is 4.73. The topological polar surface area (TPSA) is 102 Å². The highest BCUT2D eigenvalue weighted by Gasteiger charge is 2.23. The fourth-order valence-electron chi connectivity index (χ4n) is 3.31. The Morgan fingerprint density at radius 3 is 2.14 bits per heavy atom. The lowest BCUT2D eigenvalue weighted by Gasteiger charge is -2.20. The van der Waals surface area contributed by atoms with Gasteiger partial charge in [-0.15, -0.1) is 0 Å². The Balaban J connectivity index is 1.83. The minimum Gasteiger partial charge on any atom is -0.484 e. The Hall–Kier alpha value is -3.69. The number of carbonyl (C=O) groups is 2. The van der Waals surface area contributed by atoms with E-state index in [2.05, 4.69) is 5.32 Å². The molecule has 8 nitrogen and oxygen atoms in total. The van der Waals surface area contributed by atoms with Crippen LogP contribution in [0.1, 0.15) is 31.1 Å². The molecule has 0 radical (unpaired) electrons. The molecule has 0 bridgehead atoms. The van der Waals surface area contributed by atoms with Crippen molar-refractivity contribution in [3.05, 3.63) is 78.4 Å². The summed E-state index contributed by atoms with van der Waals surface area (Å²) in [5.74, 6) is 0.664. The summed E-state index contributed by atoms with van der Waals surface area (Å²) in [6.45, 7) is 5.30. The van der Waals surface area contributed by atoms with Crippen molar-refractivity contribution in [2.24, 2.45) is 0 Å². The molecule has 184 valence electrons. The molecule has 3 aromatic rings. The van der Waals surface area contributed by atoms with Gasteiger partial charge < -0.3 is 14.8 Å². The van der Waals surface area contributed by atoms with Crippen molar-refractivity contribution in [1.29, 1.82) is 0 Å². The highest BCUT2D eigenvalue weighted by molar-refractivity contribution is 7.89. The first-order chi connectivity index (χ1) is 16.7. The third-order valence-corrected chi connectivity index (χ3v) is 7.22. The maximum absolute atomic E-state index is 13.0. The summed E-state index contributed by atoms with van der Waals surface area (Å²) < 4.78 is 38.8. The van der Waals surface area contributed by atoms with Crippen LogP contribution < -0.4 is 14.8 Å². The van der Waals surface area contributed by atoms with Crippen LogP contribution in [0.5, 0.6) is 17.2 Å². The zero-order valence-electron chi connectivity index (χ0n) is 19.9. The van der Waals surface area contributed by atoms with Crippen LogP contribution in [-0.4, -0.2) is 44.1 Å². The maximum Gasteiger partial charge on any atom is 0.262 e. The Morgan fingerprint density at radius 1 is 0.886 bits per heavy atom. The van der Waals surface area contributed by atoms with E-state index in [1.807, 2.05) is 6.07 Å². The highest BCUT2D eigenvalue weighted by Crippen LogP contribution is 2.32. The number of anilines is 1. The number of nitrogens with zero attached hydrogens (tertiary/aromatic N) is 1. The summed E-state index contributed by atoms with van der Waals surface area (Å²) in [6.07, 6.45) is 0. The highest BCUT2D eigenvalue weighted by atomic mass is 32.2. The molecular weight excluding hydrogens is 468 g/mol. The number of nitrogens with one attached hydrogen (secondary N) is 1. The first-order valence-electron chi connectivity index (χ1n) is 11.1. The second-order valence-corrected chi connectivity index (χ2v) is 9.52. The van der Waals surface area contributed by atoms with Crippen LogP contribution in [0.15, 0.2) is 77.7 Å². The number of benzene rings is 3. The third kappa shape index (κ3) is 6.68. The lowest BCUT2D eigenvalue weighted by Crippen LogP contribution is -2.30. The normalized spacial score (nSPS) is 11.2. The molecule has 0 aliphatic heterocycles. The summed E-state index contributed by atoms with van der Waals surface area (Å²) in [6, 6.07) is 19.7. The van der Waals surface area contributed by atoms with Crippen LogP contribution in [0.4, 0.5) is 5.69 Å². The van der Waals surface area contributed by atoms with Gasteiger partial charge in [-0.2, -0.15) is 4.31 Å². The van der Waals surface area contributed by atoms with Crippen LogP contribution in [0.3, 0.4) is 0 Å². The number of Topliss-reactive ketones (excluding diaryl/α,β-unsaturated/α-hetero) is 1. The molecule has 35 heavy (non-hydrogen) atoms. The van der Waals surface area contributed by atoms with Crippen molar-refractivity contribution in [2.45, 2.75) is 25.7 Å². The van der Waals surface area contributed by atoms with Crippen LogP contribution in [0.25, 0.3) is 0 Å². The molecule has 0 saturated heterocycles. The molecule has 0 spiro atoms. The number of ketones is 1. The van der Waals surface area contributed by atoms with E-state index >= 15 is 0 Å². The number of rotatable bonds is 11. The lowest BCUT2D eigenvalue weighted by atomic mass is 10.1. The minimum absolute atomic E-state index is 0.0395. The smallest absolute Gasteiger partial charge is 0.262 e. The molecule has 1 N–H and O–H groups in total. The molecular formula is C26H28N2O6S. The van der Waals surface area contributed by atoms with Crippen molar-refractivity contribution in [3.8, 4) is 17.2 Å². The van der Waals surface area contributed by atoms with Crippen LogP contribution in [-0.2, 0) is 14.8 Å². The minimum atomic E-state index is -3.75. The van der Waals surface area contributed by atoms with Crippen molar-refractivity contribution in [3.63, 3.8) is 0 Å². The first-order valence-corrected chi connectivity index (χ1v) is 12.6. The largest absolute Gasteiger partial charge is 0.484 e. The standard InChI is InChI=1S/C26H28N2O6S/c1-4-28(5-2)35(31,32)23-15-16-25(34-22-9-7-6-8-10-22)24(17-23)27-26(30)18-33-21-13-11-20(12-14-21)19(3)29/h6-17H,4-5,18H2,1-3H3,(H,27,30). The van der Waals surface area contributed by atoms with E-state index in [9.17, 15) is 18.0 Å². The average Bonchev–Trinajstić information content (AvgIpc) is 2.85. The van der Waals surface area contributed by atoms with Crippen molar-refractivity contribution in [1.82, 2.24) is 4.31 Å². The molecule has 3 rings (SSSR count).